The van der Waals surface area contributed by atoms with Crippen molar-refractivity contribution in [2.45, 2.75) is 26.5 Å². The number of hydrogen-bond acceptors (Lipinski definition) is 4. The van der Waals surface area contributed by atoms with Crippen molar-refractivity contribution >= 4 is 11.3 Å². The summed E-state index contributed by atoms with van der Waals surface area (Å²) >= 11 is 1.57. The summed E-state index contributed by atoms with van der Waals surface area (Å²) in [5.41, 5.74) is 10.9. The highest BCUT2D eigenvalue weighted by Gasteiger charge is 2.08. The van der Waals surface area contributed by atoms with Crippen LogP contribution in [0.3, 0.4) is 0 Å². The van der Waals surface area contributed by atoms with Crippen molar-refractivity contribution in [2.24, 2.45) is 5.73 Å². The lowest BCUT2D eigenvalue weighted by Crippen LogP contribution is -2.08. The van der Waals surface area contributed by atoms with Crippen LogP contribution in [0, 0.1) is 6.92 Å². The van der Waals surface area contributed by atoms with E-state index in [-0.39, 0.29) is 6.04 Å². The molecule has 1 aromatic heterocycles. The summed E-state index contributed by atoms with van der Waals surface area (Å²) in [5, 5.41) is 1.99. The fourth-order valence-electron chi connectivity index (χ4n) is 1.60. The average Bonchev–Trinajstić information content (AvgIpc) is 2.78. The van der Waals surface area contributed by atoms with E-state index >= 15 is 0 Å². The van der Waals surface area contributed by atoms with Crippen LogP contribution in [-0.2, 0) is 6.61 Å². The number of rotatable bonds is 4. The molecule has 3 nitrogen and oxygen atoms in total. The number of aryl methyl sites for hydroxylation is 1. The Morgan fingerprint density at radius 2 is 2.29 bits per heavy atom. The highest BCUT2D eigenvalue weighted by Crippen LogP contribution is 2.25. The Labute approximate surface area is 105 Å². The third-order valence-corrected chi connectivity index (χ3v) is 3.15. The van der Waals surface area contributed by atoms with Gasteiger partial charge in [-0.25, -0.2) is 4.98 Å². The number of benzene rings is 1. The zero-order valence-electron chi connectivity index (χ0n) is 10.0. The summed E-state index contributed by atoms with van der Waals surface area (Å²) in [6.07, 6.45) is 0. The van der Waals surface area contributed by atoms with Crippen molar-refractivity contribution in [3.8, 4) is 5.75 Å². The molecule has 17 heavy (non-hydrogen) atoms. The Morgan fingerprint density at radius 3 is 2.94 bits per heavy atom. The molecular formula is C13H16N2OS. The van der Waals surface area contributed by atoms with Crippen LogP contribution in [0.1, 0.15) is 29.8 Å². The molecule has 0 saturated heterocycles. The number of aromatic nitrogens is 1. The fourth-order valence-corrected chi connectivity index (χ4v) is 2.15. The predicted octanol–water partition coefficient (Wildman–Crippen LogP) is 3.05. The van der Waals surface area contributed by atoms with Gasteiger partial charge in [0.2, 0.25) is 0 Å². The van der Waals surface area contributed by atoms with Gasteiger partial charge in [0.1, 0.15) is 12.4 Å². The molecule has 2 aromatic rings. The summed E-state index contributed by atoms with van der Waals surface area (Å²) in [7, 11) is 0. The minimum absolute atomic E-state index is 0.0268. The van der Waals surface area contributed by atoms with E-state index in [0.717, 1.165) is 17.0 Å². The largest absolute Gasteiger partial charge is 0.487 e. The van der Waals surface area contributed by atoms with Gasteiger partial charge in [-0.05, 0) is 25.5 Å². The van der Waals surface area contributed by atoms with E-state index in [1.807, 2.05) is 37.4 Å². The molecular weight excluding hydrogens is 232 g/mol. The maximum absolute atomic E-state index is 5.92. The van der Waals surface area contributed by atoms with Gasteiger partial charge < -0.3 is 10.5 Å². The van der Waals surface area contributed by atoms with E-state index in [4.69, 9.17) is 10.5 Å². The van der Waals surface area contributed by atoms with Gasteiger partial charge in [-0.3, -0.25) is 0 Å². The molecule has 0 bridgehead atoms. The Hall–Kier alpha value is -1.39. The minimum atomic E-state index is -0.0268. The first-order valence-corrected chi connectivity index (χ1v) is 6.47. The molecule has 4 heteroatoms. The lowest BCUT2D eigenvalue weighted by Gasteiger charge is -2.14. The molecule has 1 unspecified atom stereocenters. The molecule has 0 amide bonds. The van der Waals surface area contributed by atoms with Crippen molar-refractivity contribution in [3.05, 3.63) is 45.9 Å². The molecule has 2 rings (SSSR count). The van der Waals surface area contributed by atoms with E-state index in [2.05, 4.69) is 4.98 Å². The first-order chi connectivity index (χ1) is 8.16. The molecule has 0 fully saturated rings. The van der Waals surface area contributed by atoms with Gasteiger partial charge in [0.25, 0.3) is 0 Å². The quantitative estimate of drug-likeness (QED) is 0.904. The molecule has 1 aromatic carbocycles. The van der Waals surface area contributed by atoms with Crippen LogP contribution in [0.2, 0.25) is 0 Å². The summed E-state index contributed by atoms with van der Waals surface area (Å²) < 4.78 is 5.79. The van der Waals surface area contributed by atoms with Gasteiger partial charge in [0.15, 0.2) is 0 Å². The van der Waals surface area contributed by atoms with Crippen LogP contribution in [0.5, 0.6) is 5.75 Å². The van der Waals surface area contributed by atoms with Crippen molar-refractivity contribution in [1.29, 1.82) is 0 Å². The van der Waals surface area contributed by atoms with Crippen molar-refractivity contribution in [3.63, 3.8) is 0 Å². The molecule has 0 saturated carbocycles. The summed E-state index contributed by atoms with van der Waals surface area (Å²) in [6, 6.07) is 6.07. The van der Waals surface area contributed by atoms with Gasteiger partial charge in [-0.15, -0.1) is 11.3 Å². The van der Waals surface area contributed by atoms with Gasteiger partial charge in [0, 0.05) is 17.0 Å². The van der Waals surface area contributed by atoms with E-state index in [9.17, 15) is 0 Å². The maximum atomic E-state index is 5.92. The van der Waals surface area contributed by atoms with E-state index in [1.165, 1.54) is 5.56 Å². The molecule has 0 radical (unpaired) electrons. The summed E-state index contributed by atoms with van der Waals surface area (Å²) in [5.74, 6) is 0.855. The second-order valence-electron chi connectivity index (χ2n) is 4.10. The van der Waals surface area contributed by atoms with Gasteiger partial charge in [-0.1, -0.05) is 12.1 Å². The third kappa shape index (κ3) is 3.05. The smallest absolute Gasteiger partial charge is 0.131 e. The van der Waals surface area contributed by atoms with E-state index < -0.39 is 0 Å². The van der Waals surface area contributed by atoms with Crippen LogP contribution in [0.25, 0.3) is 0 Å². The second kappa shape index (κ2) is 5.29. The van der Waals surface area contributed by atoms with Gasteiger partial charge in [0.05, 0.1) is 11.2 Å². The first-order valence-electron chi connectivity index (χ1n) is 5.53. The number of nitrogens with zero attached hydrogens (tertiary/aromatic N) is 1. The van der Waals surface area contributed by atoms with Crippen molar-refractivity contribution in [2.75, 3.05) is 0 Å². The van der Waals surface area contributed by atoms with E-state index in [1.54, 1.807) is 16.8 Å². The van der Waals surface area contributed by atoms with Crippen LogP contribution < -0.4 is 10.5 Å². The molecule has 1 heterocycles. The Bertz CT molecular complexity index is 480. The molecule has 0 aliphatic rings. The third-order valence-electron chi connectivity index (χ3n) is 2.52. The standard InChI is InChI=1S/C13H16N2OS/c1-9-3-4-12(10(2)14)13(5-9)16-6-11-7-17-8-15-11/h3-5,7-8,10H,6,14H2,1-2H3. The Morgan fingerprint density at radius 1 is 1.47 bits per heavy atom. The average molecular weight is 248 g/mol. The highest BCUT2D eigenvalue weighted by molar-refractivity contribution is 7.07. The highest BCUT2D eigenvalue weighted by atomic mass is 32.1. The van der Waals surface area contributed by atoms with Crippen LogP contribution in [0.4, 0.5) is 0 Å². The van der Waals surface area contributed by atoms with Crippen LogP contribution >= 0.6 is 11.3 Å². The lowest BCUT2D eigenvalue weighted by molar-refractivity contribution is 0.297. The Kier molecular flexibility index (Phi) is 3.76. The predicted molar refractivity (Wildman–Crippen MR) is 70.2 cm³/mol. The topological polar surface area (TPSA) is 48.1 Å². The zero-order valence-corrected chi connectivity index (χ0v) is 10.8. The number of nitrogens with two attached hydrogens (primary N) is 1. The number of hydrogen-bond donors (Lipinski definition) is 1. The molecule has 0 spiro atoms. The molecule has 2 N–H and O–H groups in total. The number of thiazole rings is 1. The molecule has 0 aliphatic carbocycles. The minimum Gasteiger partial charge on any atom is -0.487 e. The summed E-state index contributed by atoms with van der Waals surface area (Å²) in [4.78, 5) is 4.19. The van der Waals surface area contributed by atoms with Crippen molar-refractivity contribution < 1.29 is 4.74 Å². The molecule has 1 atom stereocenters. The molecule has 0 aliphatic heterocycles. The summed E-state index contributed by atoms with van der Waals surface area (Å²) in [6.45, 7) is 4.49. The Balaban J connectivity index is 2.16. The lowest BCUT2D eigenvalue weighted by atomic mass is 10.1. The molecule has 90 valence electrons. The number of ether oxygens (including phenoxy) is 1. The maximum Gasteiger partial charge on any atom is 0.131 e. The first kappa shape index (κ1) is 12.1. The van der Waals surface area contributed by atoms with Crippen molar-refractivity contribution in [1.82, 2.24) is 4.98 Å². The van der Waals surface area contributed by atoms with Crippen LogP contribution in [-0.4, -0.2) is 4.98 Å². The van der Waals surface area contributed by atoms with E-state index in [0.29, 0.717) is 6.61 Å². The van der Waals surface area contributed by atoms with Gasteiger partial charge >= 0.3 is 0 Å². The fraction of sp³-hybridized carbons (Fsp3) is 0.308. The normalized spacial score (nSPS) is 12.4. The SMILES string of the molecule is Cc1ccc(C(C)N)c(OCc2cscn2)c1. The zero-order chi connectivity index (χ0) is 12.3. The second-order valence-corrected chi connectivity index (χ2v) is 4.82. The monoisotopic (exact) mass is 248 g/mol. The van der Waals surface area contributed by atoms with Gasteiger partial charge in [-0.2, -0.15) is 0 Å². The van der Waals surface area contributed by atoms with Crippen LogP contribution in [0.15, 0.2) is 29.1 Å².